The lowest BCUT2D eigenvalue weighted by molar-refractivity contribution is -0.132. The molecular weight excluding hydrogens is 777 g/mol. The van der Waals surface area contributed by atoms with Gasteiger partial charge in [0.25, 0.3) is 11.8 Å². The number of halogens is 3. The van der Waals surface area contributed by atoms with Crippen molar-refractivity contribution in [3.8, 4) is 11.5 Å². The van der Waals surface area contributed by atoms with Crippen LogP contribution in [0, 0.1) is 6.92 Å². The summed E-state index contributed by atoms with van der Waals surface area (Å²) in [6.07, 6.45) is 7.10. The van der Waals surface area contributed by atoms with E-state index in [4.69, 9.17) is 14.5 Å². The third-order valence-electron chi connectivity index (χ3n) is 9.55. The summed E-state index contributed by atoms with van der Waals surface area (Å²) in [7, 11) is 5.29. The van der Waals surface area contributed by atoms with Crippen molar-refractivity contribution in [2.75, 3.05) is 64.2 Å². The van der Waals surface area contributed by atoms with E-state index in [0.717, 1.165) is 67.9 Å². The predicted molar refractivity (Wildman–Crippen MR) is 228 cm³/mol. The molecule has 1 aliphatic heterocycles. The predicted octanol–water partition coefficient (Wildman–Crippen LogP) is 7.37. The van der Waals surface area contributed by atoms with Crippen LogP contribution in [-0.2, 0) is 11.2 Å². The third kappa shape index (κ3) is 11.3. The molecule has 5 aromatic rings. The summed E-state index contributed by atoms with van der Waals surface area (Å²) in [5.41, 5.74) is 5.24. The number of ether oxygens (including phenoxy) is 2. The molecule has 1 saturated heterocycles. The van der Waals surface area contributed by atoms with Gasteiger partial charge in [-0.2, -0.15) is 0 Å². The average molecular weight is 827 g/mol. The minimum atomic E-state index is -0.352. The zero-order valence-corrected chi connectivity index (χ0v) is 34.5. The fraction of sp³-hybridized carbons (Fsp3) is 0.341. The summed E-state index contributed by atoms with van der Waals surface area (Å²) in [4.78, 5) is 57.8. The van der Waals surface area contributed by atoms with E-state index in [1.54, 1.807) is 48.6 Å². The number of methoxy groups -OCH3 is 1. The Morgan fingerprint density at radius 2 is 1.64 bits per heavy atom. The number of nitrogens with one attached hydrogen (secondary N) is 2. The molecule has 1 aliphatic rings. The number of aromatic nitrogens is 3. The number of carbonyl (C=O) groups is 3. The molecule has 3 heterocycles. The molecule has 3 aromatic carbocycles. The van der Waals surface area contributed by atoms with Crippen LogP contribution < -0.4 is 19.7 Å². The van der Waals surface area contributed by atoms with Crippen LogP contribution in [0.2, 0.25) is 0 Å². The highest BCUT2D eigenvalue weighted by molar-refractivity contribution is 6.12. The Labute approximate surface area is 346 Å². The molecule has 6 rings (SSSR count). The van der Waals surface area contributed by atoms with Gasteiger partial charge in [-0.05, 0) is 99.0 Å². The van der Waals surface area contributed by atoms with Gasteiger partial charge in [0.05, 0.1) is 36.2 Å². The lowest BCUT2D eigenvalue weighted by Gasteiger charge is -2.32. The molecule has 0 unspecified atom stereocenters. The van der Waals surface area contributed by atoms with Crippen LogP contribution in [0.4, 0.5) is 11.4 Å². The van der Waals surface area contributed by atoms with Crippen molar-refractivity contribution in [3.63, 3.8) is 0 Å². The zero-order valence-electron chi connectivity index (χ0n) is 32.1. The van der Waals surface area contributed by atoms with Crippen LogP contribution in [0.5, 0.6) is 11.5 Å². The maximum atomic E-state index is 13.8. The number of piperazine rings is 1. The molecule has 56 heavy (non-hydrogen) atoms. The van der Waals surface area contributed by atoms with Crippen LogP contribution in [0.15, 0.2) is 79.1 Å². The Morgan fingerprint density at radius 1 is 0.893 bits per heavy atom. The summed E-state index contributed by atoms with van der Waals surface area (Å²) in [6, 6.07) is 20.0. The first-order valence-corrected chi connectivity index (χ1v) is 18.0. The van der Waals surface area contributed by atoms with Gasteiger partial charge in [-0.3, -0.25) is 19.4 Å². The number of para-hydroxylation sites is 1. The highest BCUT2D eigenvalue weighted by Crippen LogP contribution is 2.32. The summed E-state index contributed by atoms with van der Waals surface area (Å²) in [5.74, 6) is 1.31. The molecule has 0 radical (unpaired) electrons. The van der Waals surface area contributed by atoms with Crippen molar-refractivity contribution in [1.29, 1.82) is 0 Å². The van der Waals surface area contributed by atoms with Crippen molar-refractivity contribution < 1.29 is 23.9 Å². The van der Waals surface area contributed by atoms with Crippen LogP contribution in [0.1, 0.15) is 63.4 Å². The summed E-state index contributed by atoms with van der Waals surface area (Å²) in [5, 5.41) is 2.94. The molecule has 0 bridgehead atoms. The largest absolute Gasteiger partial charge is 0.495 e. The number of imidazole rings is 1. The van der Waals surface area contributed by atoms with Gasteiger partial charge in [0.2, 0.25) is 5.91 Å². The number of likely N-dealkylation sites (N-methyl/N-ethyl adjacent to an activating group) is 1. The number of fused-ring (bicyclic) bond motifs is 1. The molecule has 0 saturated carbocycles. The molecular formula is C41H50Cl3N7O5. The second-order valence-electron chi connectivity index (χ2n) is 13.5. The van der Waals surface area contributed by atoms with E-state index >= 15 is 0 Å². The van der Waals surface area contributed by atoms with Crippen LogP contribution in [0.25, 0.3) is 11.0 Å². The third-order valence-corrected chi connectivity index (χ3v) is 9.55. The van der Waals surface area contributed by atoms with Gasteiger partial charge >= 0.3 is 0 Å². The first kappa shape index (κ1) is 45.5. The van der Waals surface area contributed by atoms with E-state index in [9.17, 15) is 14.4 Å². The normalized spacial score (nSPS) is 12.5. The monoisotopic (exact) mass is 825 g/mol. The van der Waals surface area contributed by atoms with E-state index in [2.05, 4.69) is 27.2 Å². The summed E-state index contributed by atoms with van der Waals surface area (Å²) < 4.78 is 11.8. The average Bonchev–Trinajstić information content (AvgIpc) is 3.59. The minimum absolute atomic E-state index is 0. The molecule has 12 nitrogen and oxygen atoms in total. The van der Waals surface area contributed by atoms with Crippen LogP contribution in [0.3, 0.4) is 0 Å². The van der Waals surface area contributed by atoms with Crippen molar-refractivity contribution in [3.05, 3.63) is 107 Å². The van der Waals surface area contributed by atoms with E-state index in [1.165, 1.54) is 7.11 Å². The number of unbranched alkanes of at least 4 members (excludes halogenated alkanes) is 2. The smallest absolute Gasteiger partial charge is 0.258 e. The number of hydrogen-bond donors (Lipinski definition) is 2. The second-order valence-corrected chi connectivity index (χ2v) is 13.5. The molecule has 300 valence electrons. The minimum Gasteiger partial charge on any atom is -0.495 e. The molecule has 2 N–H and O–H groups in total. The van der Waals surface area contributed by atoms with E-state index in [0.29, 0.717) is 59.0 Å². The first-order valence-electron chi connectivity index (χ1n) is 18.0. The van der Waals surface area contributed by atoms with Gasteiger partial charge in [-0.25, -0.2) is 4.98 Å². The van der Waals surface area contributed by atoms with Crippen LogP contribution in [-0.4, -0.2) is 96.5 Å². The SMILES string of the molecule is COc1cc(C(=O)N(C)c2ccc(C)cc2OCCCCCC(=O)N2CCN(C)CC2)ccc1NC(=O)c1cccc2[nH]c(Cc3ccncc3)nc12.Cl.Cl.Cl. The van der Waals surface area contributed by atoms with E-state index < -0.39 is 0 Å². The lowest BCUT2D eigenvalue weighted by atomic mass is 10.1. The molecule has 0 aliphatic carbocycles. The number of anilines is 2. The van der Waals surface area contributed by atoms with Crippen molar-refractivity contribution >= 4 is 77.4 Å². The first-order chi connectivity index (χ1) is 25.7. The Bertz CT molecular complexity index is 2070. The fourth-order valence-electron chi connectivity index (χ4n) is 6.43. The van der Waals surface area contributed by atoms with E-state index in [-0.39, 0.29) is 54.9 Å². The lowest BCUT2D eigenvalue weighted by Crippen LogP contribution is -2.47. The number of benzene rings is 3. The Kier molecular flexibility index (Phi) is 17.4. The number of hydrogen-bond acceptors (Lipinski definition) is 8. The number of pyridine rings is 1. The highest BCUT2D eigenvalue weighted by Gasteiger charge is 2.22. The number of amides is 3. The fourth-order valence-corrected chi connectivity index (χ4v) is 6.43. The molecule has 15 heteroatoms. The Morgan fingerprint density at radius 3 is 2.38 bits per heavy atom. The maximum absolute atomic E-state index is 13.8. The Hall–Kier alpha value is -4.88. The molecule has 2 aromatic heterocycles. The van der Waals surface area contributed by atoms with Crippen molar-refractivity contribution in [2.45, 2.75) is 39.0 Å². The van der Waals surface area contributed by atoms with Crippen LogP contribution >= 0.6 is 37.2 Å². The molecule has 0 spiro atoms. The molecule has 1 fully saturated rings. The topological polar surface area (TPSA) is 133 Å². The van der Waals surface area contributed by atoms with Crippen molar-refractivity contribution in [2.24, 2.45) is 0 Å². The maximum Gasteiger partial charge on any atom is 0.258 e. The van der Waals surface area contributed by atoms with Gasteiger partial charge in [-0.1, -0.05) is 12.1 Å². The quantitative estimate of drug-likeness (QED) is 0.111. The zero-order chi connectivity index (χ0) is 37.3. The second kappa shape index (κ2) is 21.4. The summed E-state index contributed by atoms with van der Waals surface area (Å²) in [6.45, 7) is 5.90. The number of H-pyrrole nitrogens is 1. The standard InChI is InChI=1S/C41H47N7O5.3ClH/c1-28-12-15-34(36(25-28)53-24-7-5-6-11-38(49)48-22-20-46(2)21-23-48)47(3)41(51)30-13-14-32(35(27-30)52-4)44-40(50)31-9-8-10-33-39(31)45-37(43-33)26-29-16-18-42-19-17-29;;;/h8-10,12-19,25,27H,5-7,11,20-24,26H2,1-4H3,(H,43,45)(H,44,50);3*1H. The number of aryl methyl sites for hydroxylation is 1. The van der Waals surface area contributed by atoms with Gasteiger partial charge < -0.3 is 34.5 Å². The van der Waals surface area contributed by atoms with Gasteiger partial charge in [0, 0.05) is 64.0 Å². The number of carbonyl (C=O) groups excluding carboxylic acids is 3. The van der Waals surface area contributed by atoms with Gasteiger partial charge in [0.1, 0.15) is 22.8 Å². The van der Waals surface area contributed by atoms with E-state index in [1.807, 2.05) is 54.3 Å². The van der Waals surface area contributed by atoms with Gasteiger partial charge in [0.15, 0.2) is 0 Å². The highest BCUT2D eigenvalue weighted by atomic mass is 35.5. The molecule has 3 amide bonds. The summed E-state index contributed by atoms with van der Waals surface area (Å²) >= 11 is 0. The van der Waals surface area contributed by atoms with Crippen molar-refractivity contribution in [1.82, 2.24) is 24.8 Å². The number of rotatable bonds is 14. The van der Waals surface area contributed by atoms with Gasteiger partial charge in [-0.15, -0.1) is 37.2 Å². The molecule has 0 atom stereocenters. The number of aromatic amines is 1. The number of nitrogens with zero attached hydrogens (tertiary/aromatic N) is 5. The Balaban J connectivity index is 0.00000280.